The largest absolute Gasteiger partial charge is 0.384 e. The van der Waals surface area contributed by atoms with Crippen LogP contribution in [0.4, 0.5) is 4.39 Å². The van der Waals surface area contributed by atoms with Gasteiger partial charge in [-0.05, 0) is 29.7 Å². The number of benzene rings is 2. The van der Waals surface area contributed by atoms with Gasteiger partial charge in [-0.1, -0.05) is 47.6 Å². The van der Waals surface area contributed by atoms with Crippen LogP contribution in [0.1, 0.15) is 17.5 Å². The molecule has 0 fully saturated rings. The summed E-state index contributed by atoms with van der Waals surface area (Å²) in [5.74, 6) is -0.192. The molecule has 0 heterocycles. The molecule has 2 aromatic carbocycles. The highest BCUT2D eigenvalue weighted by Gasteiger charge is 2.10. The van der Waals surface area contributed by atoms with Crippen LogP contribution in [-0.2, 0) is 22.6 Å². The van der Waals surface area contributed by atoms with Crippen LogP contribution in [0.15, 0.2) is 59.8 Å². The van der Waals surface area contributed by atoms with Gasteiger partial charge in [0.1, 0.15) is 11.7 Å². The van der Waals surface area contributed by atoms with Crippen LogP contribution >= 0.6 is 0 Å². The summed E-state index contributed by atoms with van der Waals surface area (Å²) in [6, 6.07) is 15.9. The summed E-state index contributed by atoms with van der Waals surface area (Å²) in [6.07, 6.45) is 1.32. The van der Waals surface area contributed by atoms with Gasteiger partial charge in [-0.15, -0.1) is 0 Å². The molecule has 0 spiro atoms. The second-order valence-corrected chi connectivity index (χ2v) is 5.72. The molecule has 0 aliphatic heterocycles. The Bertz CT molecular complexity index is 702. The molecule has 0 atom stereocenters. The van der Waals surface area contributed by atoms with Crippen molar-refractivity contribution in [1.29, 1.82) is 0 Å². The van der Waals surface area contributed by atoms with Crippen molar-refractivity contribution in [3.63, 3.8) is 0 Å². The summed E-state index contributed by atoms with van der Waals surface area (Å²) in [5.41, 5.74) is 7.79. The first-order valence-electron chi connectivity index (χ1n) is 8.01. The number of carbonyl (C=O) groups excluding carboxylic acids is 1. The van der Waals surface area contributed by atoms with E-state index in [0.29, 0.717) is 18.8 Å². The number of halogens is 1. The third kappa shape index (κ3) is 6.63. The average molecular weight is 343 g/mol. The van der Waals surface area contributed by atoms with Crippen molar-refractivity contribution >= 4 is 11.7 Å². The molecule has 0 aliphatic carbocycles. The quantitative estimate of drug-likeness (QED) is 0.455. The minimum Gasteiger partial charge on any atom is -0.384 e. The Hall–Kier alpha value is -2.89. The van der Waals surface area contributed by atoms with E-state index >= 15 is 0 Å². The second-order valence-electron chi connectivity index (χ2n) is 5.72. The van der Waals surface area contributed by atoms with Crippen LogP contribution in [0.3, 0.4) is 0 Å². The number of aryl methyl sites for hydroxylation is 1. The van der Waals surface area contributed by atoms with Gasteiger partial charge >= 0.3 is 0 Å². The zero-order chi connectivity index (χ0) is 18.1. The lowest BCUT2D eigenvalue weighted by atomic mass is 10.1. The van der Waals surface area contributed by atoms with E-state index in [1.807, 2.05) is 30.3 Å². The van der Waals surface area contributed by atoms with Crippen molar-refractivity contribution in [3.05, 3.63) is 71.5 Å². The van der Waals surface area contributed by atoms with Crippen LogP contribution in [0.5, 0.6) is 0 Å². The van der Waals surface area contributed by atoms with Gasteiger partial charge in [0.2, 0.25) is 0 Å². The van der Waals surface area contributed by atoms with Gasteiger partial charge in [0.05, 0.1) is 0 Å². The summed E-state index contributed by atoms with van der Waals surface area (Å²) in [4.78, 5) is 18.5. The molecule has 1 amide bonds. The monoisotopic (exact) mass is 343 g/mol. The Balaban J connectivity index is 1.72. The lowest BCUT2D eigenvalue weighted by Crippen LogP contribution is -2.29. The van der Waals surface area contributed by atoms with Crippen LogP contribution in [0.2, 0.25) is 0 Å². The third-order valence-corrected chi connectivity index (χ3v) is 3.64. The third-order valence-electron chi connectivity index (χ3n) is 3.64. The highest BCUT2D eigenvalue weighted by atomic mass is 19.1. The SMILES string of the molecule is CN(Cc1ccc(F)cc1)C(=O)CO/N=C(\N)CCc1ccccc1. The topological polar surface area (TPSA) is 67.9 Å². The number of rotatable bonds is 8. The van der Waals surface area contributed by atoms with Crippen molar-refractivity contribution in [2.24, 2.45) is 10.9 Å². The Kier molecular flexibility index (Phi) is 6.95. The first-order chi connectivity index (χ1) is 12.0. The molecule has 0 bridgehead atoms. The fraction of sp³-hybridized carbons (Fsp3) is 0.263. The van der Waals surface area contributed by atoms with Crippen molar-refractivity contribution < 1.29 is 14.0 Å². The molecule has 5 nitrogen and oxygen atoms in total. The average Bonchev–Trinajstić information content (AvgIpc) is 2.62. The van der Waals surface area contributed by atoms with Crippen molar-refractivity contribution in [1.82, 2.24) is 4.90 Å². The maximum Gasteiger partial charge on any atom is 0.263 e. The maximum atomic E-state index is 12.9. The summed E-state index contributed by atoms with van der Waals surface area (Å²) >= 11 is 0. The Morgan fingerprint density at radius 1 is 1.12 bits per heavy atom. The predicted octanol–water partition coefficient (Wildman–Crippen LogP) is 2.71. The highest BCUT2D eigenvalue weighted by molar-refractivity contribution is 5.80. The molecule has 25 heavy (non-hydrogen) atoms. The molecule has 0 aliphatic rings. The summed E-state index contributed by atoms with van der Waals surface area (Å²) in [5, 5.41) is 3.78. The standard InChI is InChI=1S/C19H22FN3O2/c1-23(13-16-7-10-17(20)11-8-16)19(24)14-25-22-18(21)12-9-15-5-3-2-4-6-15/h2-8,10-11H,9,12-14H2,1H3,(H2,21,22). The number of nitrogens with zero attached hydrogens (tertiary/aromatic N) is 2. The van der Waals surface area contributed by atoms with E-state index in [4.69, 9.17) is 10.6 Å². The minimum atomic E-state index is -0.304. The van der Waals surface area contributed by atoms with Crippen LogP contribution in [0, 0.1) is 5.82 Å². The van der Waals surface area contributed by atoms with Gasteiger partial charge in [0.25, 0.3) is 5.91 Å². The number of nitrogens with two attached hydrogens (primary N) is 1. The van der Waals surface area contributed by atoms with Crippen LogP contribution in [-0.4, -0.2) is 30.3 Å². The van der Waals surface area contributed by atoms with Crippen molar-refractivity contribution in [2.45, 2.75) is 19.4 Å². The van der Waals surface area contributed by atoms with Gasteiger partial charge in [-0.25, -0.2) is 4.39 Å². The molecule has 2 rings (SSSR count). The number of amides is 1. The van der Waals surface area contributed by atoms with Crippen molar-refractivity contribution in [3.8, 4) is 0 Å². The summed E-state index contributed by atoms with van der Waals surface area (Å²) in [6.45, 7) is 0.180. The van der Waals surface area contributed by atoms with E-state index in [0.717, 1.165) is 17.5 Å². The number of hydrogen-bond donors (Lipinski definition) is 1. The number of oxime groups is 1. The molecular weight excluding hydrogens is 321 g/mol. The van der Waals surface area contributed by atoms with E-state index in [1.54, 1.807) is 19.2 Å². The molecule has 0 unspecified atom stereocenters. The highest BCUT2D eigenvalue weighted by Crippen LogP contribution is 2.06. The van der Waals surface area contributed by atoms with E-state index in [1.165, 1.54) is 17.0 Å². The van der Waals surface area contributed by atoms with E-state index in [-0.39, 0.29) is 18.3 Å². The van der Waals surface area contributed by atoms with Crippen LogP contribution in [0.25, 0.3) is 0 Å². The molecule has 0 saturated heterocycles. The van der Waals surface area contributed by atoms with E-state index in [9.17, 15) is 9.18 Å². The number of carbonyl (C=O) groups is 1. The number of amidine groups is 1. The zero-order valence-corrected chi connectivity index (χ0v) is 14.2. The molecule has 0 radical (unpaired) electrons. The number of likely N-dealkylation sites (N-methyl/N-ethyl adjacent to an activating group) is 1. The predicted molar refractivity (Wildman–Crippen MR) is 95.2 cm³/mol. The second kappa shape index (κ2) is 9.42. The van der Waals surface area contributed by atoms with Crippen molar-refractivity contribution in [2.75, 3.05) is 13.7 Å². The molecule has 2 aromatic rings. The van der Waals surface area contributed by atoms with Gasteiger partial charge in [-0.2, -0.15) is 0 Å². The lowest BCUT2D eigenvalue weighted by Gasteiger charge is -2.16. The Morgan fingerprint density at radius 3 is 2.48 bits per heavy atom. The fourth-order valence-electron chi connectivity index (χ4n) is 2.20. The number of hydrogen-bond acceptors (Lipinski definition) is 3. The van der Waals surface area contributed by atoms with E-state index < -0.39 is 0 Å². The molecule has 6 heteroatoms. The summed E-state index contributed by atoms with van der Waals surface area (Å²) < 4.78 is 12.9. The molecule has 132 valence electrons. The normalized spacial score (nSPS) is 11.2. The molecular formula is C19H22FN3O2. The first kappa shape index (κ1) is 18.4. The van der Waals surface area contributed by atoms with Gasteiger partial charge in [0.15, 0.2) is 6.61 Å². The minimum absolute atomic E-state index is 0.191. The zero-order valence-electron chi connectivity index (χ0n) is 14.2. The van der Waals surface area contributed by atoms with Gasteiger partial charge in [-0.3, -0.25) is 4.79 Å². The molecule has 2 N–H and O–H groups in total. The summed E-state index contributed by atoms with van der Waals surface area (Å²) in [7, 11) is 1.65. The first-order valence-corrected chi connectivity index (χ1v) is 8.01. The molecule has 0 aromatic heterocycles. The fourth-order valence-corrected chi connectivity index (χ4v) is 2.20. The van der Waals surface area contributed by atoms with Gasteiger partial charge in [0, 0.05) is 20.0 Å². The lowest BCUT2D eigenvalue weighted by molar-refractivity contribution is -0.135. The Morgan fingerprint density at radius 2 is 1.80 bits per heavy atom. The Labute approximate surface area is 146 Å². The van der Waals surface area contributed by atoms with E-state index in [2.05, 4.69) is 5.16 Å². The molecule has 0 saturated carbocycles. The van der Waals surface area contributed by atoms with Gasteiger partial charge < -0.3 is 15.5 Å². The smallest absolute Gasteiger partial charge is 0.263 e. The maximum absolute atomic E-state index is 12.9. The van der Waals surface area contributed by atoms with Crippen LogP contribution < -0.4 is 5.73 Å².